The zero-order valence-corrected chi connectivity index (χ0v) is 26.1. The van der Waals surface area contributed by atoms with E-state index in [1.165, 1.54) is 24.3 Å². The van der Waals surface area contributed by atoms with Crippen LogP contribution in [0.3, 0.4) is 0 Å². The normalized spacial score (nSPS) is 21.4. The molecule has 0 aromatic heterocycles. The van der Waals surface area contributed by atoms with Gasteiger partial charge in [-0.2, -0.15) is 0 Å². The fourth-order valence-corrected chi connectivity index (χ4v) is 6.77. The third-order valence-electron chi connectivity index (χ3n) is 7.25. The van der Waals surface area contributed by atoms with E-state index in [1.54, 1.807) is 12.4 Å². The molecule has 10 nitrogen and oxygen atoms in total. The second kappa shape index (κ2) is 11.6. The summed E-state index contributed by atoms with van der Waals surface area (Å²) < 4.78 is 4.11. The van der Waals surface area contributed by atoms with Gasteiger partial charge < -0.3 is 17.0 Å². The van der Waals surface area contributed by atoms with Gasteiger partial charge in [0.15, 0.2) is 0 Å². The van der Waals surface area contributed by atoms with Crippen LogP contribution in [0.2, 0.25) is 0 Å². The third-order valence-corrected chi connectivity index (χ3v) is 8.69. The van der Waals surface area contributed by atoms with E-state index in [4.69, 9.17) is 0 Å². The fraction of sp³-hybridized carbons (Fsp3) is 0.500. The number of hydrogen-bond acceptors (Lipinski definition) is 6. The van der Waals surface area contributed by atoms with E-state index in [9.17, 15) is 30.4 Å². The minimum atomic E-state index is -0.501. The maximum absolute atomic E-state index is 11.7. The number of rotatable bonds is 4. The SMILES string of the molecule is CC(C)(C)c1cc([N+](=O)[O-])cc(C=[N+]2[Co][N+](=Cc3cc([N+](=O)[O-])cc(C(C)(C)C)c3O)[C@@H]3CCCC[C@H]32)c1O.[Br-]. The van der Waals surface area contributed by atoms with Crippen molar-refractivity contribution in [1.82, 2.24) is 0 Å². The Morgan fingerprint density at radius 3 is 1.43 bits per heavy atom. The first kappa shape index (κ1) is 31.7. The fourth-order valence-electron chi connectivity index (χ4n) is 5.14. The van der Waals surface area contributed by atoms with E-state index >= 15 is 0 Å². The number of phenolic OH excluding ortho intramolecular Hbond substituents is 2. The first-order valence-corrected chi connectivity index (χ1v) is 13.9. The Morgan fingerprint density at radius 1 is 0.775 bits per heavy atom. The molecule has 1 heterocycles. The monoisotopic (exact) mass is 662 g/mol. The average Bonchev–Trinajstić information content (AvgIpc) is 3.17. The van der Waals surface area contributed by atoms with Crippen LogP contribution in [0.1, 0.15) is 89.5 Å². The van der Waals surface area contributed by atoms with Gasteiger partial charge in [0, 0.05) is 0 Å². The maximum Gasteiger partial charge on any atom is -1.00 e. The quantitative estimate of drug-likeness (QED) is 0.382. The van der Waals surface area contributed by atoms with Crippen molar-refractivity contribution < 1.29 is 59.4 Å². The molecule has 2 aromatic rings. The van der Waals surface area contributed by atoms with Crippen molar-refractivity contribution >= 4 is 23.8 Å². The minimum Gasteiger partial charge on any atom is -1.00 e. The van der Waals surface area contributed by atoms with Crippen LogP contribution >= 0.6 is 0 Å². The van der Waals surface area contributed by atoms with Crippen LogP contribution in [0, 0.1) is 20.2 Å². The molecule has 4 rings (SSSR count). The molecule has 2 fully saturated rings. The van der Waals surface area contributed by atoms with Crippen LogP contribution < -0.4 is 17.0 Å². The molecule has 2 N–H and O–H groups in total. The largest absolute Gasteiger partial charge is 1.00 e. The number of halogens is 1. The molecule has 0 spiro atoms. The Hall–Kier alpha value is -2.83. The summed E-state index contributed by atoms with van der Waals surface area (Å²) in [4.78, 5) is 22.5. The summed E-state index contributed by atoms with van der Waals surface area (Å²) in [6.45, 7) is 11.4. The number of aromatic hydroxyl groups is 2. The first-order valence-electron chi connectivity index (χ1n) is 13.0. The summed E-state index contributed by atoms with van der Waals surface area (Å²) in [5, 5.41) is 45.6. The average molecular weight is 663 g/mol. The van der Waals surface area contributed by atoms with Gasteiger partial charge in [0.2, 0.25) is 0 Å². The van der Waals surface area contributed by atoms with Crippen molar-refractivity contribution in [3.8, 4) is 11.5 Å². The van der Waals surface area contributed by atoms with Gasteiger partial charge in [-0.3, -0.25) is 0 Å². The number of benzene rings is 2. The molecule has 0 amide bonds. The summed E-state index contributed by atoms with van der Waals surface area (Å²) in [6, 6.07) is 5.80. The van der Waals surface area contributed by atoms with Crippen molar-refractivity contribution in [2.75, 3.05) is 0 Å². The van der Waals surface area contributed by atoms with E-state index in [1.807, 2.05) is 41.5 Å². The number of phenols is 2. The number of nitro groups is 2. The second-order valence-corrected chi connectivity index (χ2v) is 13.5. The van der Waals surface area contributed by atoms with Gasteiger partial charge in [-0.15, -0.1) is 0 Å². The maximum atomic E-state index is 11.7. The van der Waals surface area contributed by atoms with Gasteiger partial charge in [0.05, 0.1) is 0 Å². The zero-order valence-electron chi connectivity index (χ0n) is 23.5. The molecule has 219 valence electrons. The van der Waals surface area contributed by atoms with Crippen LogP contribution in [0.25, 0.3) is 0 Å². The Bertz CT molecular complexity index is 1310. The molecular formula is C28H36BrCoN4O6+. The predicted molar refractivity (Wildman–Crippen MR) is 144 cm³/mol. The predicted octanol–water partition coefficient (Wildman–Crippen LogP) is 2.31. The van der Waals surface area contributed by atoms with Gasteiger partial charge in [0.1, 0.15) is 0 Å². The van der Waals surface area contributed by atoms with Gasteiger partial charge >= 0.3 is 235 Å². The van der Waals surface area contributed by atoms with E-state index in [2.05, 4.69) is 7.25 Å². The topological polar surface area (TPSA) is 133 Å². The number of non-ortho nitro benzene ring substituents is 2. The minimum absolute atomic E-state index is 0. The standard InChI is InChI=1S/C28H36N4O6.BrH.Co/c1-27(2,3)21-13-19(31(35)36)11-17(25(21)33)15-29-23-9-7-8-10-24(23)30-16-18-12-20(32(37)38)14-22(26(18)34)28(4,5)6;;/h11-16,23-24,33-34H,7-10H2,1-6H3;1H;/q;;+2/p-1/t23-,24-;;/m1../s1. The third kappa shape index (κ3) is 6.39. The molecule has 0 bridgehead atoms. The number of nitrogens with zero attached hydrogens (tertiary/aromatic N) is 4. The van der Waals surface area contributed by atoms with Crippen molar-refractivity contribution in [2.24, 2.45) is 0 Å². The molecule has 1 saturated carbocycles. The molecule has 2 aliphatic rings. The van der Waals surface area contributed by atoms with Crippen LogP contribution in [-0.4, -0.2) is 51.8 Å². The number of fused-ring (bicyclic) bond motifs is 1. The molecule has 1 saturated heterocycles. The smallest absolute Gasteiger partial charge is 1.00 e. The van der Waals surface area contributed by atoms with Gasteiger partial charge in [-0.25, -0.2) is 0 Å². The van der Waals surface area contributed by atoms with E-state index < -0.39 is 20.7 Å². The van der Waals surface area contributed by atoms with Crippen molar-refractivity contribution in [1.29, 1.82) is 0 Å². The number of nitro benzene ring substituents is 2. The van der Waals surface area contributed by atoms with Crippen LogP contribution in [-0.2, 0) is 26.0 Å². The van der Waals surface area contributed by atoms with Crippen molar-refractivity contribution in [2.45, 2.75) is 90.1 Å². The Balaban J connectivity index is 0.00000441. The van der Waals surface area contributed by atoms with E-state index in [-0.39, 0.29) is 51.9 Å². The molecule has 2 atom stereocenters. The molecule has 0 radical (unpaired) electrons. The summed E-state index contributed by atoms with van der Waals surface area (Å²) in [6.07, 6.45) is 7.41. The summed E-state index contributed by atoms with van der Waals surface area (Å²) in [7, 11) is 0. The number of hydrogen-bond donors (Lipinski definition) is 2. The van der Waals surface area contributed by atoms with Gasteiger partial charge in [-0.1, -0.05) is 0 Å². The van der Waals surface area contributed by atoms with E-state index in [0.29, 0.717) is 22.3 Å². The molecule has 1 aliphatic heterocycles. The summed E-state index contributed by atoms with van der Waals surface area (Å²) >= 11 is 0.772. The Morgan fingerprint density at radius 2 is 1.12 bits per heavy atom. The molecule has 40 heavy (non-hydrogen) atoms. The zero-order chi connectivity index (χ0) is 28.9. The van der Waals surface area contributed by atoms with Gasteiger partial charge in [0.25, 0.3) is 0 Å². The summed E-state index contributed by atoms with van der Waals surface area (Å²) in [5.74, 6) is 0.0345. The van der Waals surface area contributed by atoms with Crippen LogP contribution in [0.15, 0.2) is 24.3 Å². The molecule has 2 aromatic carbocycles. The van der Waals surface area contributed by atoms with Crippen molar-refractivity contribution in [3.63, 3.8) is 0 Å². The Kier molecular flexibility index (Phi) is 9.17. The van der Waals surface area contributed by atoms with Crippen LogP contribution in [0.4, 0.5) is 11.4 Å². The first-order chi connectivity index (χ1) is 18.1. The second-order valence-electron chi connectivity index (χ2n) is 12.3. The molecule has 0 unspecified atom stereocenters. The Labute approximate surface area is 250 Å². The van der Waals surface area contributed by atoms with Crippen LogP contribution in [0.5, 0.6) is 11.5 Å². The molecule has 1 aliphatic carbocycles. The van der Waals surface area contributed by atoms with Gasteiger partial charge in [-0.05, 0) is 0 Å². The molecular weight excluding hydrogens is 627 g/mol. The summed E-state index contributed by atoms with van der Waals surface area (Å²) in [5.41, 5.74) is 0.576. The van der Waals surface area contributed by atoms with Crippen molar-refractivity contribution in [3.05, 3.63) is 66.7 Å². The van der Waals surface area contributed by atoms with E-state index in [0.717, 1.165) is 40.8 Å². The molecule has 12 heteroatoms.